The lowest BCUT2D eigenvalue weighted by atomic mass is 10.0. The van der Waals surface area contributed by atoms with Gasteiger partial charge in [0.15, 0.2) is 15.6 Å². The van der Waals surface area contributed by atoms with Crippen molar-refractivity contribution in [3.63, 3.8) is 0 Å². The number of aromatic nitrogens is 2. The van der Waals surface area contributed by atoms with E-state index in [4.69, 9.17) is 23.2 Å². The van der Waals surface area contributed by atoms with Crippen LogP contribution in [-0.4, -0.2) is 48.8 Å². The molecule has 0 spiro atoms. The Kier molecular flexibility index (Phi) is 6.64. The van der Waals surface area contributed by atoms with Gasteiger partial charge in [0.1, 0.15) is 11.6 Å². The molecule has 1 aliphatic rings. The summed E-state index contributed by atoms with van der Waals surface area (Å²) >= 11 is 12.3. The van der Waals surface area contributed by atoms with Crippen LogP contribution in [0.25, 0.3) is 0 Å². The van der Waals surface area contributed by atoms with E-state index >= 15 is 0 Å². The van der Waals surface area contributed by atoms with Gasteiger partial charge in [-0.15, -0.1) is 0 Å². The van der Waals surface area contributed by atoms with Crippen LogP contribution in [-0.2, 0) is 16.3 Å². The smallest absolute Gasteiger partial charge is 0.170 e. The predicted molar refractivity (Wildman–Crippen MR) is 127 cm³/mol. The number of carbonyl (C=O) groups is 1. The van der Waals surface area contributed by atoms with Crippen LogP contribution in [0.4, 0.5) is 17.3 Å². The first kappa shape index (κ1) is 22.5. The van der Waals surface area contributed by atoms with Crippen LogP contribution in [0.1, 0.15) is 15.9 Å². The van der Waals surface area contributed by atoms with Crippen molar-refractivity contribution in [1.29, 1.82) is 0 Å². The Morgan fingerprint density at radius 3 is 2.38 bits per heavy atom. The Balaban J connectivity index is 1.42. The minimum Gasteiger partial charge on any atom is -0.368 e. The van der Waals surface area contributed by atoms with Crippen molar-refractivity contribution >= 4 is 56.1 Å². The van der Waals surface area contributed by atoms with Crippen LogP contribution in [0.3, 0.4) is 0 Å². The van der Waals surface area contributed by atoms with E-state index in [0.29, 0.717) is 40.3 Å². The van der Waals surface area contributed by atoms with Crippen molar-refractivity contribution in [2.24, 2.45) is 0 Å². The van der Waals surface area contributed by atoms with Gasteiger partial charge in [-0.2, -0.15) is 0 Å². The first-order valence-corrected chi connectivity index (χ1v) is 12.5. The third-order valence-electron chi connectivity index (χ3n) is 5.14. The molecule has 0 aliphatic carbocycles. The number of anilines is 3. The summed E-state index contributed by atoms with van der Waals surface area (Å²) in [6.07, 6.45) is 3.44. The molecule has 7 nitrogen and oxygen atoms in total. The minimum absolute atomic E-state index is 0.130. The topological polar surface area (TPSA) is 92.3 Å². The molecular weight excluding hydrogens is 471 g/mol. The molecule has 0 bridgehead atoms. The van der Waals surface area contributed by atoms with Crippen LogP contribution in [0.5, 0.6) is 0 Å². The normalized spacial score (nSPS) is 15.4. The number of sulfone groups is 1. The fraction of sp³-hybridized carbons (Fsp3) is 0.227. The highest BCUT2D eigenvalue weighted by molar-refractivity contribution is 7.91. The number of rotatable bonds is 6. The Bertz CT molecular complexity index is 1220. The maximum Gasteiger partial charge on any atom is 0.170 e. The molecule has 0 unspecified atom stereocenters. The maximum atomic E-state index is 12.7. The average Bonchev–Trinajstić information content (AvgIpc) is 2.75. The lowest BCUT2D eigenvalue weighted by Crippen LogP contribution is -2.40. The second-order valence-electron chi connectivity index (χ2n) is 7.41. The van der Waals surface area contributed by atoms with Crippen LogP contribution >= 0.6 is 23.2 Å². The largest absolute Gasteiger partial charge is 0.368 e. The lowest BCUT2D eigenvalue weighted by molar-refractivity contribution is 0.0993. The van der Waals surface area contributed by atoms with E-state index in [2.05, 4.69) is 15.3 Å². The molecule has 1 saturated heterocycles. The Labute approximate surface area is 196 Å². The maximum absolute atomic E-state index is 12.7. The van der Waals surface area contributed by atoms with E-state index in [1.165, 1.54) is 0 Å². The molecule has 4 rings (SSSR count). The van der Waals surface area contributed by atoms with Gasteiger partial charge < -0.3 is 10.2 Å². The van der Waals surface area contributed by atoms with Crippen molar-refractivity contribution < 1.29 is 13.2 Å². The molecule has 10 heteroatoms. The van der Waals surface area contributed by atoms with Crippen molar-refractivity contribution in [2.45, 2.75) is 6.42 Å². The van der Waals surface area contributed by atoms with Gasteiger partial charge in [0.2, 0.25) is 0 Å². The molecule has 166 valence electrons. The third-order valence-corrected chi connectivity index (χ3v) is 7.38. The fourth-order valence-corrected chi connectivity index (χ4v) is 5.25. The molecule has 32 heavy (non-hydrogen) atoms. The molecule has 0 amide bonds. The van der Waals surface area contributed by atoms with E-state index < -0.39 is 9.84 Å². The molecule has 2 aromatic heterocycles. The zero-order valence-electron chi connectivity index (χ0n) is 17.0. The van der Waals surface area contributed by atoms with Crippen molar-refractivity contribution in [2.75, 3.05) is 34.8 Å². The van der Waals surface area contributed by atoms with Crippen LogP contribution < -0.4 is 10.2 Å². The summed E-state index contributed by atoms with van der Waals surface area (Å²) in [4.78, 5) is 23.4. The SMILES string of the molecule is O=C(Cc1ccnc(Nc2ccc(N3CCS(=O)(=O)CC3)cn2)c1)c1c(Cl)cccc1Cl. The first-order chi connectivity index (χ1) is 15.3. The number of carbonyl (C=O) groups excluding carboxylic acids is 1. The van der Waals surface area contributed by atoms with Crippen molar-refractivity contribution in [3.8, 4) is 0 Å². The standard InChI is InChI=1S/C22H20Cl2N4O3S/c23-17-2-1-3-18(24)22(17)19(29)12-15-6-7-25-21(13-15)27-20-5-4-16(14-26-20)28-8-10-32(30,31)11-9-28/h1-7,13-14H,8-12H2,(H,25,26,27). The molecular formula is C22H20Cl2N4O3S. The molecule has 3 aromatic rings. The predicted octanol–water partition coefficient (Wildman–Crippen LogP) is 4.19. The number of nitrogens with one attached hydrogen (secondary N) is 1. The van der Waals surface area contributed by atoms with Gasteiger partial charge in [0, 0.05) is 25.7 Å². The second kappa shape index (κ2) is 9.44. The van der Waals surface area contributed by atoms with Crippen LogP contribution in [0.15, 0.2) is 54.9 Å². The highest BCUT2D eigenvalue weighted by atomic mass is 35.5. The van der Waals surface area contributed by atoms with Crippen molar-refractivity contribution in [3.05, 3.63) is 76.0 Å². The average molecular weight is 491 g/mol. The Morgan fingerprint density at radius 2 is 1.72 bits per heavy atom. The zero-order chi connectivity index (χ0) is 22.7. The summed E-state index contributed by atoms with van der Waals surface area (Å²) in [6.45, 7) is 0.924. The molecule has 3 heterocycles. The van der Waals surface area contributed by atoms with Gasteiger partial charge in [-0.1, -0.05) is 29.3 Å². The summed E-state index contributed by atoms with van der Waals surface area (Å²) in [5.74, 6) is 1.26. The molecule has 0 atom stereocenters. The minimum atomic E-state index is -2.93. The van der Waals surface area contributed by atoms with Crippen molar-refractivity contribution in [1.82, 2.24) is 9.97 Å². The van der Waals surface area contributed by atoms with Gasteiger partial charge in [-0.3, -0.25) is 4.79 Å². The van der Waals surface area contributed by atoms with Gasteiger partial charge in [0.05, 0.1) is 39.0 Å². The van der Waals surface area contributed by atoms with Gasteiger partial charge in [-0.05, 0) is 42.0 Å². The Morgan fingerprint density at radius 1 is 1.00 bits per heavy atom. The third kappa shape index (κ3) is 5.38. The summed E-state index contributed by atoms with van der Waals surface area (Å²) in [7, 11) is -2.93. The number of ketones is 1. The number of benzene rings is 1. The second-order valence-corrected chi connectivity index (χ2v) is 10.5. The fourth-order valence-electron chi connectivity index (χ4n) is 3.44. The van der Waals surface area contributed by atoms with Gasteiger partial charge in [-0.25, -0.2) is 18.4 Å². The highest BCUT2D eigenvalue weighted by Crippen LogP contribution is 2.26. The highest BCUT2D eigenvalue weighted by Gasteiger charge is 2.22. The van der Waals surface area contributed by atoms with E-state index in [0.717, 1.165) is 11.3 Å². The first-order valence-electron chi connectivity index (χ1n) is 9.91. The van der Waals surface area contributed by atoms with E-state index in [1.807, 2.05) is 17.0 Å². The number of Topliss-reactive ketones (excluding diaryl/α,β-unsaturated/α-hetero) is 1. The number of hydrogen-bond acceptors (Lipinski definition) is 7. The number of hydrogen-bond donors (Lipinski definition) is 1. The number of pyridine rings is 2. The number of nitrogens with zero attached hydrogens (tertiary/aromatic N) is 3. The monoisotopic (exact) mass is 490 g/mol. The molecule has 0 radical (unpaired) electrons. The van der Waals surface area contributed by atoms with Crippen LogP contribution in [0.2, 0.25) is 10.0 Å². The lowest BCUT2D eigenvalue weighted by Gasteiger charge is -2.28. The summed E-state index contributed by atoms with van der Waals surface area (Å²) in [5.41, 5.74) is 1.94. The van der Waals surface area contributed by atoms with E-state index in [9.17, 15) is 13.2 Å². The number of halogens is 2. The van der Waals surface area contributed by atoms with E-state index in [-0.39, 0.29) is 23.7 Å². The Hall–Kier alpha value is -2.68. The van der Waals surface area contributed by atoms with E-state index in [1.54, 1.807) is 42.7 Å². The van der Waals surface area contributed by atoms with Gasteiger partial charge >= 0.3 is 0 Å². The molecule has 0 saturated carbocycles. The summed E-state index contributed by atoms with van der Waals surface area (Å²) in [6, 6.07) is 12.2. The summed E-state index contributed by atoms with van der Waals surface area (Å²) < 4.78 is 23.2. The van der Waals surface area contributed by atoms with Crippen LogP contribution in [0, 0.1) is 0 Å². The van der Waals surface area contributed by atoms with Gasteiger partial charge in [0.25, 0.3) is 0 Å². The quantitative estimate of drug-likeness (QED) is 0.517. The molecule has 1 aromatic carbocycles. The summed E-state index contributed by atoms with van der Waals surface area (Å²) in [5, 5.41) is 3.77. The molecule has 1 N–H and O–H groups in total. The zero-order valence-corrected chi connectivity index (χ0v) is 19.3. The molecule has 1 aliphatic heterocycles. The molecule has 1 fully saturated rings.